The first-order chi connectivity index (χ1) is 10.3. The van der Waals surface area contributed by atoms with E-state index in [0.717, 1.165) is 45.1 Å². The van der Waals surface area contributed by atoms with E-state index < -0.39 is 0 Å². The lowest BCUT2D eigenvalue weighted by Gasteiger charge is -2.20. The van der Waals surface area contributed by atoms with Crippen LogP contribution in [0.2, 0.25) is 0 Å². The molecule has 1 aromatic rings. The number of nitrogens with one attached hydrogen (secondary N) is 1. The molecule has 21 heavy (non-hydrogen) atoms. The summed E-state index contributed by atoms with van der Waals surface area (Å²) in [5.41, 5.74) is 1.31. The zero-order valence-corrected chi connectivity index (χ0v) is 14.0. The highest BCUT2D eigenvalue weighted by molar-refractivity contribution is 7.15. The van der Waals surface area contributed by atoms with Gasteiger partial charge in [0, 0.05) is 37.2 Å². The first kappa shape index (κ1) is 15.3. The normalized spacial score (nSPS) is 23.3. The second kappa shape index (κ2) is 7.07. The first-order valence-electron chi connectivity index (χ1n) is 8.34. The van der Waals surface area contributed by atoms with E-state index in [1.165, 1.54) is 35.0 Å². The predicted molar refractivity (Wildman–Crippen MR) is 88.2 cm³/mol. The Morgan fingerprint density at radius 3 is 3.05 bits per heavy atom. The SMILES string of the molecule is CCCc1nc(N2CCCOC(C)C2)sc1CNC1CC1. The van der Waals surface area contributed by atoms with Gasteiger partial charge in [-0.2, -0.15) is 0 Å². The van der Waals surface area contributed by atoms with Crippen molar-refractivity contribution in [3.63, 3.8) is 0 Å². The maximum Gasteiger partial charge on any atom is 0.185 e. The summed E-state index contributed by atoms with van der Waals surface area (Å²) in [6, 6.07) is 0.761. The van der Waals surface area contributed by atoms with Gasteiger partial charge in [0.15, 0.2) is 5.13 Å². The summed E-state index contributed by atoms with van der Waals surface area (Å²) in [6.45, 7) is 8.30. The predicted octanol–water partition coefficient (Wildman–Crippen LogP) is 2.96. The second-order valence-electron chi connectivity index (χ2n) is 6.25. The van der Waals surface area contributed by atoms with Crippen molar-refractivity contribution in [2.45, 2.75) is 64.6 Å². The fourth-order valence-corrected chi connectivity index (χ4v) is 3.86. The number of aromatic nitrogens is 1. The quantitative estimate of drug-likeness (QED) is 0.876. The molecule has 2 aliphatic rings. The van der Waals surface area contributed by atoms with Gasteiger partial charge >= 0.3 is 0 Å². The molecule has 118 valence electrons. The minimum absolute atomic E-state index is 0.305. The van der Waals surface area contributed by atoms with Crippen LogP contribution in [0, 0.1) is 0 Å². The summed E-state index contributed by atoms with van der Waals surface area (Å²) < 4.78 is 5.75. The van der Waals surface area contributed by atoms with Gasteiger partial charge in [0.1, 0.15) is 0 Å². The highest BCUT2D eigenvalue weighted by atomic mass is 32.1. The van der Waals surface area contributed by atoms with Gasteiger partial charge in [-0.3, -0.25) is 0 Å². The average Bonchev–Trinajstić information content (AvgIpc) is 3.24. The molecule has 4 nitrogen and oxygen atoms in total. The van der Waals surface area contributed by atoms with Crippen LogP contribution in [0.4, 0.5) is 5.13 Å². The van der Waals surface area contributed by atoms with Crippen LogP contribution in [0.1, 0.15) is 50.1 Å². The lowest BCUT2D eigenvalue weighted by atomic mass is 10.2. The van der Waals surface area contributed by atoms with Crippen molar-refractivity contribution in [1.29, 1.82) is 0 Å². The first-order valence-corrected chi connectivity index (χ1v) is 9.16. The van der Waals surface area contributed by atoms with Gasteiger partial charge in [-0.1, -0.05) is 13.3 Å². The highest BCUT2D eigenvalue weighted by Crippen LogP contribution is 2.29. The van der Waals surface area contributed by atoms with Crippen LogP contribution in [-0.4, -0.2) is 36.8 Å². The zero-order chi connectivity index (χ0) is 14.7. The average molecular weight is 309 g/mol. The lowest BCUT2D eigenvalue weighted by Crippen LogP contribution is -2.29. The minimum atomic E-state index is 0.305. The highest BCUT2D eigenvalue weighted by Gasteiger charge is 2.23. The summed E-state index contributed by atoms with van der Waals surface area (Å²) in [5, 5.41) is 4.83. The van der Waals surface area contributed by atoms with E-state index in [-0.39, 0.29) is 0 Å². The topological polar surface area (TPSA) is 37.4 Å². The zero-order valence-electron chi connectivity index (χ0n) is 13.2. The molecule has 1 unspecified atom stereocenters. The standard InChI is InChI=1S/C16H27N3OS/c1-3-5-14-15(10-17-13-6-7-13)21-16(18-14)19-8-4-9-20-12(2)11-19/h12-13,17H,3-11H2,1-2H3. The molecule has 1 aliphatic carbocycles. The molecule has 1 atom stereocenters. The smallest absolute Gasteiger partial charge is 0.185 e. The monoisotopic (exact) mass is 309 g/mol. The largest absolute Gasteiger partial charge is 0.377 e. The molecule has 0 radical (unpaired) electrons. The molecule has 2 fully saturated rings. The van der Waals surface area contributed by atoms with Gasteiger partial charge in [-0.05, 0) is 32.6 Å². The Balaban J connectivity index is 1.72. The van der Waals surface area contributed by atoms with Crippen molar-refractivity contribution in [2.24, 2.45) is 0 Å². The molecule has 0 aromatic carbocycles. The Morgan fingerprint density at radius 1 is 1.43 bits per heavy atom. The van der Waals surface area contributed by atoms with Crippen molar-refractivity contribution in [2.75, 3.05) is 24.6 Å². The molecule has 1 saturated carbocycles. The van der Waals surface area contributed by atoms with E-state index in [9.17, 15) is 0 Å². The molecule has 2 heterocycles. The summed E-state index contributed by atoms with van der Waals surface area (Å²) in [5.74, 6) is 0. The van der Waals surface area contributed by atoms with Gasteiger partial charge in [-0.15, -0.1) is 11.3 Å². The number of hydrogen-bond donors (Lipinski definition) is 1. The van der Waals surface area contributed by atoms with Gasteiger partial charge in [0.2, 0.25) is 0 Å². The number of aryl methyl sites for hydroxylation is 1. The summed E-state index contributed by atoms with van der Waals surface area (Å²) in [7, 11) is 0. The van der Waals surface area contributed by atoms with E-state index >= 15 is 0 Å². The second-order valence-corrected chi connectivity index (χ2v) is 7.31. The number of rotatable bonds is 6. The molecule has 1 saturated heterocycles. The van der Waals surface area contributed by atoms with Gasteiger partial charge in [-0.25, -0.2) is 4.98 Å². The van der Waals surface area contributed by atoms with Gasteiger partial charge in [0.05, 0.1) is 11.8 Å². The van der Waals surface area contributed by atoms with Crippen molar-refractivity contribution >= 4 is 16.5 Å². The Morgan fingerprint density at radius 2 is 2.29 bits per heavy atom. The summed E-state index contributed by atoms with van der Waals surface area (Å²) in [6.07, 6.45) is 6.35. The molecule has 0 spiro atoms. The molecule has 3 rings (SSSR count). The molecule has 1 N–H and O–H groups in total. The third-order valence-electron chi connectivity index (χ3n) is 4.11. The third kappa shape index (κ3) is 4.18. The van der Waals surface area contributed by atoms with Crippen molar-refractivity contribution in [1.82, 2.24) is 10.3 Å². The van der Waals surface area contributed by atoms with Crippen molar-refractivity contribution in [3.05, 3.63) is 10.6 Å². The molecular formula is C16H27N3OS. The summed E-state index contributed by atoms with van der Waals surface area (Å²) >= 11 is 1.88. The van der Waals surface area contributed by atoms with E-state index in [1.807, 2.05) is 11.3 Å². The minimum Gasteiger partial charge on any atom is -0.377 e. The van der Waals surface area contributed by atoms with Crippen LogP contribution in [0.15, 0.2) is 0 Å². The maximum atomic E-state index is 5.75. The maximum absolute atomic E-state index is 5.75. The Hall–Kier alpha value is -0.650. The molecule has 1 aromatic heterocycles. The molecular weight excluding hydrogens is 282 g/mol. The van der Waals surface area contributed by atoms with Crippen LogP contribution < -0.4 is 10.2 Å². The third-order valence-corrected chi connectivity index (χ3v) is 5.26. The molecule has 0 bridgehead atoms. The van der Waals surface area contributed by atoms with Crippen molar-refractivity contribution in [3.8, 4) is 0 Å². The van der Waals surface area contributed by atoms with E-state index in [2.05, 4.69) is 24.1 Å². The fourth-order valence-electron chi connectivity index (χ4n) is 2.77. The fraction of sp³-hybridized carbons (Fsp3) is 0.812. The van der Waals surface area contributed by atoms with Crippen LogP contribution in [0.25, 0.3) is 0 Å². The molecule has 5 heteroatoms. The number of hydrogen-bond acceptors (Lipinski definition) is 5. The van der Waals surface area contributed by atoms with E-state index in [1.54, 1.807) is 0 Å². The number of nitrogens with zero attached hydrogens (tertiary/aromatic N) is 2. The number of ether oxygens (including phenoxy) is 1. The van der Waals surface area contributed by atoms with Crippen molar-refractivity contribution < 1.29 is 4.74 Å². The van der Waals surface area contributed by atoms with Crippen LogP contribution in [0.3, 0.4) is 0 Å². The Labute approximate surface area is 131 Å². The lowest BCUT2D eigenvalue weighted by molar-refractivity contribution is 0.0821. The van der Waals surface area contributed by atoms with Crippen LogP contribution in [0.5, 0.6) is 0 Å². The summed E-state index contributed by atoms with van der Waals surface area (Å²) in [4.78, 5) is 8.81. The Bertz CT molecular complexity index is 458. The number of thiazole rings is 1. The molecule has 0 amide bonds. The van der Waals surface area contributed by atoms with Gasteiger partial charge < -0.3 is 15.0 Å². The van der Waals surface area contributed by atoms with Crippen LogP contribution >= 0.6 is 11.3 Å². The van der Waals surface area contributed by atoms with E-state index in [4.69, 9.17) is 9.72 Å². The molecule has 1 aliphatic heterocycles. The Kier molecular flexibility index (Phi) is 5.14. The van der Waals surface area contributed by atoms with E-state index in [0.29, 0.717) is 6.10 Å². The van der Waals surface area contributed by atoms with Gasteiger partial charge in [0.25, 0.3) is 0 Å². The van der Waals surface area contributed by atoms with Crippen LogP contribution in [-0.2, 0) is 17.7 Å². The number of anilines is 1.